The number of hydrogen-bond donors (Lipinski definition) is 1. The molecule has 0 spiro atoms. The van der Waals surface area contributed by atoms with Crippen molar-refractivity contribution in [3.8, 4) is 11.3 Å². The summed E-state index contributed by atoms with van der Waals surface area (Å²) in [5, 5.41) is 4.22. The SMILES string of the molecule is CC(c1ccc(N)cc1)n1cncc1-c1cnn(C)c1. The summed E-state index contributed by atoms with van der Waals surface area (Å²) in [7, 11) is 1.91. The molecule has 1 atom stereocenters. The molecule has 20 heavy (non-hydrogen) atoms. The molecular formula is C15H17N5. The van der Waals surface area contributed by atoms with Crippen molar-refractivity contribution in [1.82, 2.24) is 19.3 Å². The van der Waals surface area contributed by atoms with E-state index in [0.717, 1.165) is 16.9 Å². The Hall–Kier alpha value is -2.56. The maximum atomic E-state index is 5.74. The van der Waals surface area contributed by atoms with Gasteiger partial charge in [-0.1, -0.05) is 12.1 Å². The molecule has 0 aliphatic rings. The molecule has 0 bridgehead atoms. The minimum absolute atomic E-state index is 0.188. The lowest BCUT2D eigenvalue weighted by molar-refractivity contribution is 0.644. The van der Waals surface area contributed by atoms with Crippen LogP contribution in [0, 0.1) is 0 Å². The Morgan fingerprint density at radius 1 is 1.15 bits per heavy atom. The van der Waals surface area contributed by atoms with Gasteiger partial charge in [-0.15, -0.1) is 0 Å². The smallest absolute Gasteiger partial charge is 0.0956 e. The number of nitrogens with two attached hydrogens (primary N) is 1. The third-order valence-corrected chi connectivity index (χ3v) is 3.50. The molecule has 5 heteroatoms. The highest BCUT2D eigenvalue weighted by Gasteiger charge is 2.13. The zero-order valence-corrected chi connectivity index (χ0v) is 11.6. The zero-order chi connectivity index (χ0) is 14.1. The van der Waals surface area contributed by atoms with Crippen LogP contribution in [0.5, 0.6) is 0 Å². The van der Waals surface area contributed by atoms with Crippen LogP contribution >= 0.6 is 0 Å². The van der Waals surface area contributed by atoms with Crippen molar-refractivity contribution in [2.45, 2.75) is 13.0 Å². The van der Waals surface area contributed by atoms with Crippen LogP contribution < -0.4 is 5.73 Å². The van der Waals surface area contributed by atoms with Crippen LogP contribution in [0.1, 0.15) is 18.5 Å². The Kier molecular flexibility index (Phi) is 3.02. The third-order valence-electron chi connectivity index (χ3n) is 3.50. The second-order valence-corrected chi connectivity index (χ2v) is 4.93. The molecule has 2 aromatic heterocycles. The molecule has 2 N–H and O–H groups in total. The number of nitrogens with zero attached hydrogens (tertiary/aromatic N) is 4. The van der Waals surface area contributed by atoms with Crippen molar-refractivity contribution in [2.75, 3.05) is 5.73 Å². The molecule has 3 aromatic rings. The van der Waals surface area contributed by atoms with Crippen molar-refractivity contribution in [1.29, 1.82) is 0 Å². The van der Waals surface area contributed by atoms with E-state index in [1.54, 1.807) is 4.68 Å². The summed E-state index contributed by atoms with van der Waals surface area (Å²) < 4.78 is 3.93. The topological polar surface area (TPSA) is 61.7 Å². The monoisotopic (exact) mass is 267 g/mol. The van der Waals surface area contributed by atoms with E-state index in [0.29, 0.717) is 0 Å². The number of hydrogen-bond acceptors (Lipinski definition) is 3. The van der Waals surface area contributed by atoms with Gasteiger partial charge >= 0.3 is 0 Å². The van der Waals surface area contributed by atoms with Gasteiger partial charge in [0.1, 0.15) is 0 Å². The fourth-order valence-corrected chi connectivity index (χ4v) is 2.33. The number of anilines is 1. The van der Waals surface area contributed by atoms with Gasteiger partial charge in [0.05, 0.1) is 30.5 Å². The highest BCUT2D eigenvalue weighted by Crippen LogP contribution is 2.26. The first-order chi connectivity index (χ1) is 9.65. The first-order valence-corrected chi connectivity index (χ1v) is 6.51. The molecular weight excluding hydrogens is 250 g/mol. The molecule has 0 aliphatic carbocycles. The quantitative estimate of drug-likeness (QED) is 0.741. The Bertz CT molecular complexity index is 708. The minimum Gasteiger partial charge on any atom is -0.399 e. The summed E-state index contributed by atoms with van der Waals surface area (Å²) in [5.74, 6) is 0. The van der Waals surface area contributed by atoms with Gasteiger partial charge in [0, 0.05) is 24.5 Å². The lowest BCUT2D eigenvalue weighted by Gasteiger charge is -2.16. The summed E-state index contributed by atoms with van der Waals surface area (Å²) in [6, 6.07) is 8.13. The predicted octanol–water partition coefficient (Wildman–Crippen LogP) is 2.48. The number of imidazole rings is 1. The highest BCUT2D eigenvalue weighted by atomic mass is 15.2. The number of rotatable bonds is 3. The molecule has 3 rings (SSSR count). The van der Waals surface area contributed by atoms with Gasteiger partial charge in [-0.05, 0) is 24.6 Å². The molecule has 5 nitrogen and oxygen atoms in total. The molecule has 0 amide bonds. The maximum Gasteiger partial charge on any atom is 0.0956 e. The van der Waals surface area contributed by atoms with E-state index in [9.17, 15) is 0 Å². The summed E-state index contributed by atoms with van der Waals surface area (Å²) in [6.45, 7) is 2.15. The van der Waals surface area contributed by atoms with E-state index in [2.05, 4.69) is 21.6 Å². The van der Waals surface area contributed by atoms with Gasteiger partial charge in [0.15, 0.2) is 0 Å². The number of aryl methyl sites for hydroxylation is 1. The first-order valence-electron chi connectivity index (χ1n) is 6.51. The molecule has 0 radical (unpaired) electrons. The fraction of sp³-hybridized carbons (Fsp3) is 0.200. The van der Waals surface area contributed by atoms with E-state index < -0.39 is 0 Å². The van der Waals surface area contributed by atoms with E-state index >= 15 is 0 Å². The Balaban J connectivity index is 1.99. The Labute approximate surface area is 117 Å². The van der Waals surface area contributed by atoms with Gasteiger partial charge in [0.2, 0.25) is 0 Å². The largest absolute Gasteiger partial charge is 0.399 e. The number of nitrogen functional groups attached to an aromatic ring is 1. The van der Waals surface area contributed by atoms with Crippen LogP contribution in [-0.2, 0) is 7.05 Å². The van der Waals surface area contributed by atoms with Crippen LogP contribution in [0.2, 0.25) is 0 Å². The average Bonchev–Trinajstić information content (AvgIpc) is 3.07. The lowest BCUT2D eigenvalue weighted by Crippen LogP contribution is -2.07. The van der Waals surface area contributed by atoms with Crippen molar-refractivity contribution in [3.63, 3.8) is 0 Å². The number of aromatic nitrogens is 4. The van der Waals surface area contributed by atoms with Gasteiger partial charge in [-0.2, -0.15) is 5.10 Å². The van der Waals surface area contributed by atoms with Crippen molar-refractivity contribution < 1.29 is 0 Å². The molecule has 0 saturated heterocycles. The van der Waals surface area contributed by atoms with Crippen molar-refractivity contribution >= 4 is 5.69 Å². The third kappa shape index (κ3) is 2.18. The fourth-order valence-electron chi connectivity index (χ4n) is 2.33. The summed E-state index contributed by atoms with van der Waals surface area (Å²) in [4.78, 5) is 4.27. The first kappa shape index (κ1) is 12.5. The number of benzene rings is 1. The molecule has 0 fully saturated rings. The molecule has 1 unspecified atom stereocenters. The summed E-state index contributed by atoms with van der Waals surface area (Å²) in [5.41, 5.74) is 9.83. The second-order valence-electron chi connectivity index (χ2n) is 4.93. The minimum atomic E-state index is 0.188. The van der Waals surface area contributed by atoms with Crippen LogP contribution in [0.4, 0.5) is 5.69 Å². The summed E-state index contributed by atoms with van der Waals surface area (Å²) >= 11 is 0. The van der Waals surface area contributed by atoms with Gasteiger partial charge in [-0.3, -0.25) is 4.68 Å². The van der Waals surface area contributed by atoms with Crippen molar-refractivity contribution in [2.24, 2.45) is 7.05 Å². The van der Waals surface area contributed by atoms with Crippen LogP contribution in [0.25, 0.3) is 11.3 Å². The molecule has 2 heterocycles. The Morgan fingerprint density at radius 3 is 2.55 bits per heavy atom. The van der Waals surface area contributed by atoms with E-state index in [1.165, 1.54) is 5.56 Å². The molecule has 1 aromatic carbocycles. The standard InChI is InChI=1S/C15H17N5/c1-11(12-3-5-14(16)6-4-12)20-10-17-8-15(20)13-7-18-19(2)9-13/h3-11H,16H2,1-2H3. The van der Waals surface area contributed by atoms with Crippen LogP contribution in [0.15, 0.2) is 49.2 Å². The summed E-state index contributed by atoms with van der Waals surface area (Å²) in [6.07, 6.45) is 7.56. The maximum absolute atomic E-state index is 5.74. The van der Waals surface area contributed by atoms with Crippen LogP contribution in [-0.4, -0.2) is 19.3 Å². The highest BCUT2D eigenvalue weighted by molar-refractivity contribution is 5.57. The lowest BCUT2D eigenvalue weighted by atomic mass is 10.1. The second kappa shape index (κ2) is 4.85. The van der Waals surface area contributed by atoms with Crippen molar-refractivity contribution in [3.05, 3.63) is 54.7 Å². The van der Waals surface area contributed by atoms with E-state index in [-0.39, 0.29) is 6.04 Å². The molecule has 0 aliphatic heterocycles. The molecule has 102 valence electrons. The normalized spacial score (nSPS) is 12.5. The van der Waals surface area contributed by atoms with E-state index in [4.69, 9.17) is 5.73 Å². The van der Waals surface area contributed by atoms with Gasteiger partial charge in [-0.25, -0.2) is 4.98 Å². The van der Waals surface area contributed by atoms with E-state index in [1.807, 2.05) is 56.2 Å². The average molecular weight is 267 g/mol. The van der Waals surface area contributed by atoms with Gasteiger partial charge < -0.3 is 10.3 Å². The zero-order valence-electron chi connectivity index (χ0n) is 11.6. The van der Waals surface area contributed by atoms with Gasteiger partial charge in [0.25, 0.3) is 0 Å². The molecule has 0 saturated carbocycles. The van der Waals surface area contributed by atoms with Crippen LogP contribution in [0.3, 0.4) is 0 Å². The predicted molar refractivity (Wildman–Crippen MR) is 79.1 cm³/mol. The Morgan fingerprint density at radius 2 is 1.90 bits per heavy atom.